The molecule has 0 radical (unpaired) electrons. The molecule has 2 heterocycles. The molecular weight excluding hydrogens is 276 g/mol. The lowest BCUT2D eigenvalue weighted by molar-refractivity contribution is 0.0676. The number of hydrogen-bond donors (Lipinski definition) is 1. The van der Waals surface area contributed by atoms with Gasteiger partial charge in [0.1, 0.15) is 0 Å². The van der Waals surface area contributed by atoms with Crippen molar-refractivity contribution in [2.75, 3.05) is 0 Å². The number of aromatic amines is 1. The summed E-state index contributed by atoms with van der Waals surface area (Å²) >= 11 is 0. The van der Waals surface area contributed by atoms with Crippen LogP contribution < -0.4 is 0 Å². The van der Waals surface area contributed by atoms with Crippen LogP contribution in [-0.4, -0.2) is 31.8 Å². The molecule has 0 saturated heterocycles. The average molecular weight is 294 g/mol. The van der Waals surface area contributed by atoms with Gasteiger partial charge in [-0.15, -0.1) is 0 Å². The number of hydrogen-bond acceptors (Lipinski definition) is 3. The van der Waals surface area contributed by atoms with Gasteiger partial charge in [-0.25, -0.2) is 4.98 Å². The van der Waals surface area contributed by atoms with Crippen LogP contribution in [0.1, 0.15) is 30.2 Å². The predicted octanol–water partition coefficient (Wildman–Crippen LogP) is 3.01. The SMILES string of the molecule is CC(C)N(Cc1ccccn1)C(=O)c1nc2ccccc2[nH]1. The van der Waals surface area contributed by atoms with E-state index in [1.165, 1.54) is 0 Å². The van der Waals surface area contributed by atoms with Gasteiger partial charge in [0.05, 0.1) is 23.3 Å². The van der Waals surface area contributed by atoms with Gasteiger partial charge in [0.25, 0.3) is 5.91 Å². The lowest BCUT2D eigenvalue weighted by Gasteiger charge is -2.25. The van der Waals surface area contributed by atoms with Crippen molar-refractivity contribution in [1.29, 1.82) is 0 Å². The average Bonchev–Trinajstić information content (AvgIpc) is 2.97. The van der Waals surface area contributed by atoms with E-state index >= 15 is 0 Å². The Bertz CT molecular complexity index is 746. The molecule has 0 bridgehead atoms. The highest BCUT2D eigenvalue weighted by atomic mass is 16.2. The molecule has 3 rings (SSSR count). The third-order valence-corrected chi connectivity index (χ3v) is 3.53. The Balaban J connectivity index is 1.89. The Labute approximate surface area is 129 Å². The van der Waals surface area contributed by atoms with Gasteiger partial charge >= 0.3 is 0 Å². The largest absolute Gasteiger partial charge is 0.334 e. The highest BCUT2D eigenvalue weighted by Crippen LogP contribution is 2.14. The summed E-state index contributed by atoms with van der Waals surface area (Å²) in [6.45, 7) is 4.45. The number of amides is 1. The van der Waals surface area contributed by atoms with Crippen molar-refractivity contribution in [1.82, 2.24) is 19.9 Å². The Hall–Kier alpha value is -2.69. The summed E-state index contributed by atoms with van der Waals surface area (Å²) in [5.74, 6) is 0.252. The van der Waals surface area contributed by atoms with Gasteiger partial charge in [-0.3, -0.25) is 9.78 Å². The van der Waals surface area contributed by atoms with Crippen molar-refractivity contribution in [2.45, 2.75) is 26.4 Å². The number of nitrogens with one attached hydrogen (secondary N) is 1. The second kappa shape index (κ2) is 5.97. The number of pyridine rings is 1. The first-order valence-corrected chi connectivity index (χ1v) is 7.31. The Morgan fingerprint density at radius 2 is 1.95 bits per heavy atom. The summed E-state index contributed by atoms with van der Waals surface area (Å²) in [7, 11) is 0. The predicted molar refractivity (Wildman–Crippen MR) is 85.3 cm³/mol. The van der Waals surface area contributed by atoms with E-state index < -0.39 is 0 Å². The molecule has 0 spiro atoms. The van der Waals surface area contributed by atoms with Crippen molar-refractivity contribution in [3.63, 3.8) is 0 Å². The smallest absolute Gasteiger partial charge is 0.290 e. The van der Waals surface area contributed by atoms with Crippen LogP contribution in [0.5, 0.6) is 0 Å². The van der Waals surface area contributed by atoms with E-state index in [0.29, 0.717) is 12.4 Å². The van der Waals surface area contributed by atoms with Gasteiger partial charge in [0.2, 0.25) is 0 Å². The van der Waals surface area contributed by atoms with Gasteiger partial charge in [-0.2, -0.15) is 0 Å². The first-order chi connectivity index (χ1) is 10.6. The van der Waals surface area contributed by atoms with Gasteiger partial charge in [-0.1, -0.05) is 18.2 Å². The van der Waals surface area contributed by atoms with Gasteiger partial charge < -0.3 is 9.88 Å². The third-order valence-electron chi connectivity index (χ3n) is 3.53. The molecule has 0 fully saturated rings. The minimum atomic E-state index is -0.114. The summed E-state index contributed by atoms with van der Waals surface area (Å²) in [4.78, 5) is 26.3. The summed E-state index contributed by atoms with van der Waals surface area (Å²) in [6, 6.07) is 13.4. The zero-order valence-electron chi connectivity index (χ0n) is 12.7. The quantitative estimate of drug-likeness (QED) is 0.804. The molecule has 1 aromatic carbocycles. The van der Waals surface area contributed by atoms with Crippen molar-refractivity contribution in [3.05, 3.63) is 60.2 Å². The number of H-pyrrole nitrogens is 1. The Kier molecular flexibility index (Phi) is 3.87. The van der Waals surface area contributed by atoms with E-state index in [1.807, 2.05) is 56.3 Å². The Morgan fingerprint density at radius 1 is 1.18 bits per heavy atom. The van der Waals surface area contributed by atoms with Crippen molar-refractivity contribution in [2.24, 2.45) is 0 Å². The number of imidazole rings is 1. The van der Waals surface area contributed by atoms with E-state index in [0.717, 1.165) is 16.7 Å². The van der Waals surface area contributed by atoms with Crippen molar-refractivity contribution >= 4 is 16.9 Å². The number of aromatic nitrogens is 3. The fourth-order valence-corrected chi connectivity index (χ4v) is 2.35. The minimum Gasteiger partial charge on any atom is -0.334 e. The maximum atomic E-state index is 12.8. The molecule has 0 aliphatic carbocycles. The fourth-order valence-electron chi connectivity index (χ4n) is 2.35. The van der Waals surface area contributed by atoms with Gasteiger partial charge in [-0.05, 0) is 38.1 Å². The summed E-state index contributed by atoms with van der Waals surface area (Å²) < 4.78 is 0. The van der Waals surface area contributed by atoms with Gasteiger partial charge in [0, 0.05) is 12.2 Å². The molecule has 1 amide bonds. The van der Waals surface area contributed by atoms with E-state index in [2.05, 4.69) is 15.0 Å². The fraction of sp³-hybridized carbons (Fsp3) is 0.235. The number of carbonyl (C=O) groups is 1. The molecule has 5 nitrogen and oxygen atoms in total. The van der Waals surface area contributed by atoms with Crippen molar-refractivity contribution in [3.8, 4) is 0 Å². The molecule has 2 aromatic heterocycles. The molecule has 3 aromatic rings. The third kappa shape index (κ3) is 2.83. The molecule has 0 unspecified atom stereocenters. The molecule has 0 aliphatic rings. The van der Waals surface area contributed by atoms with Crippen molar-refractivity contribution < 1.29 is 4.79 Å². The zero-order chi connectivity index (χ0) is 15.5. The van der Waals surface area contributed by atoms with E-state index in [-0.39, 0.29) is 11.9 Å². The van der Waals surface area contributed by atoms with Crippen LogP contribution in [0.2, 0.25) is 0 Å². The van der Waals surface area contributed by atoms with Gasteiger partial charge in [0.15, 0.2) is 5.82 Å². The van der Waals surface area contributed by atoms with Crippen LogP contribution in [0.25, 0.3) is 11.0 Å². The monoisotopic (exact) mass is 294 g/mol. The maximum Gasteiger partial charge on any atom is 0.290 e. The molecule has 0 aliphatic heterocycles. The van der Waals surface area contributed by atoms with Crippen LogP contribution in [0.15, 0.2) is 48.7 Å². The highest BCUT2D eigenvalue weighted by molar-refractivity contribution is 5.94. The minimum absolute atomic E-state index is 0.0581. The molecule has 1 N–H and O–H groups in total. The molecule has 0 atom stereocenters. The number of benzene rings is 1. The summed E-state index contributed by atoms with van der Waals surface area (Å²) in [5.41, 5.74) is 2.53. The number of nitrogens with zero attached hydrogens (tertiary/aromatic N) is 3. The van der Waals surface area contributed by atoms with Crippen LogP contribution in [0.3, 0.4) is 0 Å². The maximum absolute atomic E-state index is 12.8. The van der Waals surface area contributed by atoms with E-state index in [1.54, 1.807) is 11.1 Å². The summed E-state index contributed by atoms with van der Waals surface area (Å²) in [5, 5.41) is 0. The number of carbonyl (C=O) groups excluding carboxylic acids is 1. The van der Waals surface area contributed by atoms with E-state index in [4.69, 9.17) is 0 Å². The standard InChI is InChI=1S/C17H18N4O/c1-12(2)21(11-13-7-5-6-10-18-13)17(22)16-19-14-8-3-4-9-15(14)20-16/h3-10,12H,11H2,1-2H3,(H,19,20). The zero-order valence-corrected chi connectivity index (χ0v) is 12.7. The normalized spacial score (nSPS) is 11.0. The van der Waals surface area contributed by atoms with Crippen LogP contribution in [0, 0.1) is 0 Å². The first kappa shape index (κ1) is 14.3. The second-order valence-electron chi connectivity index (χ2n) is 5.45. The topological polar surface area (TPSA) is 61.9 Å². The van der Waals surface area contributed by atoms with E-state index in [9.17, 15) is 4.79 Å². The number of rotatable bonds is 4. The molecule has 5 heteroatoms. The lowest BCUT2D eigenvalue weighted by Crippen LogP contribution is -2.37. The first-order valence-electron chi connectivity index (χ1n) is 7.31. The van der Waals surface area contributed by atoms with Crippen LogP contribution in [0.4, 0.5) is 0 Å². The highest BCUT2D eigenvalue weighted by Gasteiger charge is 2.22. The molecule has 22 heavy (non-hydrogen) atoms. The number of fused-ring (bicyclic) bond motifs is 1. The molecule has 112 valence electrons. The van der Waals surface area contributed by atoms with Crippen LogP contribution in [-0.2, 0) is 6.54 Å². The molecular formula is C17H18N4O. The second-order valence-corrected chi connectivity index (χ2v) is 5.45. The van der Waals surface area contributed by atoms with Crippen LogP contribution >= 0.6 is 0 Å². The summed E-state index contributed by atoms with van der Waals surface area (Å²) in [6.07, 6.45) is 1.74. The molecule has 0 saturated carbocycles. The Morgan fingerprint density at radius 3 is 2.64 bits per heavy atom. The lowest BCUT2D eigenvalue weighted by atomic mass is 10.2. The number of para-hydroxylation sites is 2.